The highest BCUT2D eigenvalue weighted by Crippen LogP contribution is 2.11. The van der Waals surface area contributed by atoms with Gasteiger partial charge in [0.2, 0.25) is 5.91 Å². The number of carbonyl (C=O) groups excluding carboxylic acids is 1. The molecule has 1 saturated heterocycles. The molecule has 4 nitrogen and oxygen atoms in total. The Bertz CT molecular complexity index is 490. The lowest BCUT2D eigenvalue weighted by molar-refractivity contribution is -0.121. The second-order valence-corrected chi connectivity index (χ2v) is 5.53. The molecule has 2 rings (SSSR count). The summed E-state index contributed by atoms with van der Waals surface area (Å²) in [5, 5.41) is 6.12. The largest absolute Gasteiger partial charge is 0.356 e. The van der Waals surface area contributed by atoms with E-state index in [1.807, 2.05) is 0 Å². The predicted octanol–water partition coefficient (Wildman–Crippen LogP) is 1.31. The third kappa shape index (κ3) is 5.69. The van der Waals surface area contributed by atoms with Crippen molar-refractivity contribution >= 4 is 5.91 Å². The van der Waals surface area contributed by atoms with Gasteiger partial charge >= 0.3 is 0 Å². The first-order valence-electron chi connectivity index (χ1n) is 7.79. The summed E-state index contributed by atoms with van der Waals surface area (Å²) in [4.78, 5) is 14.1. The van der Waals surface area contributed by atoms with Crippen LogP contribution in [0.15, 0.2) is 18.2 Å². The van der Waals surface area contributed by atoms with Crippen LogP contribution >= 0.6 is 0 Å². The van der Waals surface area contributed by atoms with Gasteiger partial charge in [-0.15, -0.1) is 0 Å². The van der Waals surface area contributed by atoms with Gasteiger partial charge in [0.25, 0.3) is 0 Å². The zero-order valence-corrected chi connectivity index (χ0v) is 12.7. The summed E-state index contributed by atoms with van der Waals surface area (Å²) >= 11 is 0. The van der Waals surface area contributed by atoms with Crippen molar-refractivity contribution in [2.24, 2.45) is 0 Å². The highest BCUT2D eigenvalue weighted by molar-refractivity contribution is 5.76. The number of halogens is 2. The molecule has 1 amide bonds. The van der Waals surface area contributed by atoms with Crippen LogP contribution in [-0.4, -0.2) is 50.1 Å². The molecule has 1 heterocycles. The first-order chi connectivity index (χ1) is 10.6. The number of piperazine rings is 1. The zero-order valence-electron chi connectivity index (χ0n) is 12.7. The van der Waals surface area contributed by atoms with Crippen molar-refractivity contribution in [3.63, 3.8) is 0 Å². The fourth-order valence-corrected chi connectivity index (χ4v) is 2.54. The topological polar surface area (TPSA) is 44.4 Å². The van der Waals surface area contributed by atoms with Gasteiger partial charge in [-0.3, -0.25) is 4.79 Å². The lowest BCUT2D eigenvalue weighted by Gasteiger charge is -2.27. The van der Waals surface area contributed by atoms with E-state index in [0.717, 1.165) is 57.3 Å². The van der Waals surface area contributed by atoms with Crippen LogP contribution in [0, 0.1) is 11.6 Å². The lowest BCUT2D eigenvalue weighted by atomic mass is 10.1. The van der Waals surface area contributed by atoms with Gasteiger partial charge in [-0.25, -0.2) is 8.78 Å². The fourth-order valence-electron chi connectivity index (χ4n) is 2.54. The van der Waals surface area contributed by atoms with Gasteiger partial charge in [-0.1, -0.05) is 0 Å². The predicted molar refractivity (Wildman–Crippen MR) is 81.6 cm³/mol. The average Bonchev–Trinajstić information content (AvgIpc) is 2.53. The SMILES string of the molecule is O=C(CCc1cc(F)ccc1F)NCCCN1CCNCC1. The second-order valence-electron chi connectivity index (χ2n) is 5.53. The second kappa shape index (κ2) is 8.80. The zero-order chi connectivity index (χ0) is 15.8. The third-order valence-corrected chi connectivity index (χ3v) is 3.81. The monoisotopic (exact) mass is 311 g/mol. The Balaban J connectivity index is 1.60. The maximum atomic E-state index is 13.4. The molecule has 122 valence electrons. The molecule has 1 aliphatic heterocycles. The molecule has 0 atom stereocenters. The van der Waals surface area contributed by atoms with Gasteiger partial charge in [0, 0.05) is 39.1 Å². The van der Waals surface area contributed by atoms with Gasteiger partial charge in [-0.05, 0) is 43.1 Å². The van der Waals surface area contributed by atoms with Gasteiger partial charge in [-0.2, -0.15) is 0 Å². The van der Waals surface area contributed by atoms with Crippen molar-refractivity contribution in [2.75, 3.05) is 39.3 Å². The summed E-state index contributed by atoms with van der Waals surface area (Å²) in [6.07, 6.45) is 1.29. The summed E-state index contributed by atoms with van der Waals surface area (Å²) in [5.74, 6) is -1.07. The summed E-state index contributed by atoms with van der Waals surface area (Å²) in [6, 6.07) is 3.32. The van der Waals surface area contributed by atoms with Crippen LogP contribution in [0.1, 0.15) is 18.4 Å². The molecule has 0 saturated carbocycles. The van der Waals surface area contributed by atoms with E-state index in [-0.39, 0.29) is 24.3 Å². The number of hydrogen-bond donors (Lipinski definition) is 2. The van der Waals surface area contributed by atoms with Crippen molar-refractivity contribution in [1.29, 1.82) is 0 Å². The number of nitrogens with zero attached hydrogens (tertiary/aromatic N) is 1. The Hall–Kier alpha value is -1.53. The van der Waals surface area contributed by atoms with Gasteiger partial charge in [0.05, 0.1) is 0 Å². The highest BCUT2D eigenvalue weighted by atomic mass is 19.1. The van der Waals surface area contributed by atoms with Crippen molar-refractivity contribution in [2.45, 2.75) is 19.3 Å². The molecule has 1 fully saturated rings. The Morgan fingerprint density at radius 2 is 2.05 bits per heavy atom. The van der Waals surface area contributed by atoms with E-state index in [1.54, 1.807) is 0 Å². The van der Waals surface area contributed by atoms with Gasteiger partial charge in [0.1, 0.15) is 11.6 Å². The molecule has 6 heteroatoms. The number of rotatable bonds is 7. The first-order valence-corrected chi connectivity index (χ1v) is 7.79. The molecule has 22 heavy (non-hydrogen) atoms. The maximum Gasteiger partial charge on any atom is 0.220 e. The molecule has 0 spiro atoms. The molecule has 2 N–H and O–H groups in total. The molecule has 0 aliphatic carbocycles. The molecule has 0 bridgehead atoms. The number of hydrogen-bond acceptors (Lipinski definition) is 3. The first kappa shape index (κ1) is 16.8. The number of carbonyl (C=O) groups is 1. The van der Waals surface area contributed by atoms with E-state index in [2.05, 4.69) is 15.5 Å². The van der Waals surface area contributed by atoms with Crippen molar-refractivity contribution < 1.29 is 13.6 Å². The summed E-state index contributed by atoms with van der Waals surface area (Å²) in [7, 11) is 0. The van der Waals surface area contributed by atoms with Gasteiger partial charge < -0.3 is 15.5 Å². The number of benzene rings is 1. The maximum absolute atomic E-state index is 13.4. The smallest absolute Gasteiger partial charge is 0.220 e. The molecule has 1 aromatic carbocycles. The molecule has 0 radical (unpaired) electrons. The minimum Gasteiger partial charge on any atom is -0.356 e. The fraction of sp³-hybridized carbons (Fsp3) is 0.562. The van der Waals surface area contributed by atoms with Crippen molar-refractivity contribution in [3.8, 4) is 0 Å². The van der Waals surface area contributed by atoms with E-state index < -0.39 is 11.6 Å². The summed E-state index contributed by atoms with van der Waals surface area (Å²) in [6.45, 7) is 5.73. The standard InChI is InChI=1S/C16H23F2N3O/c17-14-3-4-15(18)13(12-14)2-5-16(22)20-6-1-9-21-10-7-19-8-11-21/h3-4,12,19H,1-2,5-11H2,(H,20,22). The van der Waals surface area contributed by atoms with E-state index >= 15 is 0 Å². The Morgan fingerprint density at radius 3 is 2.82 bits per heavy atom. The van der Waals surface area contributed by atoms with E-state index in [4.69, 9.17) is 0 Å². The number of amides is 1. The van der Waals surface area contributed by atoms with E-state index in [1.165, 1.54) is 0 Å². The lowest BCUT2D eigenvalue weighted by Crippen LogP contribution is -2.44. The van der Waals surface area contributed by atoms with Crippen LogP contribution in [0.25, 0.3) is 0 Å². The quantitative estimate of drug-likeness (QED) is 0.746. The third-order valence-electron chi connectivity index (χ3n) is 3.81. The summed E-state index contributed by atoms with van der Waals surface area (Å²) < 4.78 is 26.4. The van der Waals surface area contributed by atoms with Crippen LogP contribution in [0.3, 0.4) is 0 Å². The van der Waals surface area contributed by atoms with Crippen molar-refractivity contribution in [1.82, 2.24) is 15.5 Å². The molecular formula is C16H23F2N3O. The van der Waals surface area contributed by atoms with Crippen LogP contribution < -0.4 is 10.6 Å². The molecule has 0 aromatic heterocycles. The summed E-state index contributed by atoms with van der Waals surface area (Å²) in [5.41, 5.74) is 0.246. The Kier molecular flexibility index (Phi) is 6.74. The molecule has 1 aliphatic rings. The number of nitrogens with one attached hydrogen (secondary N) is 2. The van der Waals surface area contributed by atoms with Crippen LogP contribution in [0.5, 0.6) is 0 Å². The van der Waals surface area contributed by atoms with Crippen LogP contribution in [-0.2, 0) is 11.2 Å². The van der Waals surface area contributed by atoms with E-state index in [0.29, 0.717) is 6.54 Å². The van der Waals surface area contributed by atoms with Crippen molar-refractivity contribution in [3.05, 3.63) is 35.4 Å². The van der Waals surface area contributed by atoms with Crippen LogP contribution in [0.4, 0.5) is 8.78 Å². The molecule has 1 aromatic rings. The number of aryl methyl sites for hydroxylation is 1. The Morgan fingerprint density at radius 1 is 1.27 bits per heavy atom. The highest BCUT2D eigenvalue weighted by Gasteiger charge is 2.09. The molecular weight excluding hydrogens is 288 g/mol. The minimum atomic E-state index is -0.479. The molecule has 0 unspecified atom stereocenters. The van der Waals surface area contributed by atoms with Gasteiger partial charge in [0.15, 0.2) is 0 Å². The Labute approximate surface area is 129 Å². The average molecular weight is 311 g/mol. The minimum absolute atomic E-state index is 0.121. The van der Waals surface area contributed by atoms with Crippen LogP contribution in [0.2, 0.25) is 0 Å². The van der Waals surface area contributed by atoms with E-state index in [9.17, 15) is 13.6 Å². The normalized spacial score (nSPS) is 15.7.